The maximum absolute atomic E-state index is 12.1. The van der Waals surface area contributed by atoms with Crippen LogP contribution in [-0.4, -0.2) is 43.3 Å². The zero-order valence-corrected chi connectivity index (χ0v) is 15.5. The molecule has 2 aromatic rings. The van der Waals surface area contributed by atoms with E-state index in [0.717, 1.165) is 5.56 Å². The van der Waals surface area contributed by atoms with Gasteiger partial charge in [0.2, 0.25) is 11.8 Å². The molecular weight excluding hydrogens is 344 g/mol. The lowest BCUT2D eigenvalue weighted by molar-refractivity contribution is -0.128. The van der Waals surface area contributed by atoms with Crippen molar-refractivity contribution in [3.05, 3.63) is 59.7 Å². The Labute approximate surface area is 158 Å². The number of hydrogen-bond acceptors (Lipinski definition) is 4. The largest absolute Gasteiger partial charge is 0.376 e. The second kappa shape index (κ2) is 9.38. The van der Waals surface area contributed by atoms with E-state index in [1.807, 2.05) is 12.1 Å². The minimum atomic E-state index is -0.554. The number of nitrogens with one attached hydrogen (secondary N) is 2. The van der Waals surface area contributed by atoms with Crippen LogP contribution in [0.4, 0.5) is 11.4 Å². The number of nitrogens with two attached hydrogens (primary N) is 1. The summed E-state index contributed by atoms with van der Waals surface area (Å²) >= 11 is 0. The van der Waals surface area contributed by atoms with Crippen LogP contribution in [0.25, 0.3) is 0 Å². The Morgan fingerprint density at radius 2 is 1.67 bits per heavy atom. The van der Waals surface area contributed by atoms with Gasteiger partial charge in [0.05, 0.1) is 12.1 Å². The van der Waals surface area contributed by atoms with Crippen LogP contribution in [0.3, 0.4) is 0 Å². The minimum Gasteiger partial charge on any atom is -0.376 e. The minimum absolute atomic E-state index is 0.00335. The molecule has 2 aromatic carbocycles. The van der Waals surface area contributed by atoms with Gasteiger partial charge >= 0.3 is 0 Å². The number of carbonyl (C=O) groups is 3. The summed E-state index contributed by atoms with van der Waals surface area (Å²) in [5, 5.41) is 5.69. The molecule has 0 saturated carbocycles. The number of amides is 3. The Morgan fingerprint density at radius 1 is 1.00 bits per heavy atom. The van der Waals surface area contributed by atoms with Crippen LogP contribution >= 0.6 is 0 Å². The highest BCUT2D eigenvalue weighted by Crippen LogP contribution is 2.14. The van der Waals surface area contributed by atoms with Crippen molar-refractivity contribution < 1.29 is 14.4 Å². The summed E-state index contributed by atoms with van der Waals surface area (Å²) in [6.45, 7) is 0.00335. The van der Waals surface area contributed by atoms with Crippen molar-refractivity contribution >= 4 is 29.1 Å². The Kier molecular flexibility index (Phi) is 6.93. The van der Waals surface area contributed by atoms with Gasteiger partial charge in [-0.1, -0.05) is 24.3 Å². The predicted molar refractivity (Wildman–Crippen MR) is 106 cm³/mol. The molecule has 0 saturated heterocycles. The second-order valence-corrected chi connectivity index (χ2v) is 6.30. The van der Waals surface area contributed by atoms with Crippen LogP contribution in [0.15, 0.2) is 48.5 Å². The molecule has 0 spiro atoms. The van der Waals surface area contributed by atoms with Crippen LogP contribution in [0.1, 0.15) is 22.3 Å². The Hall–Kier alpha value is -3.35. The quantitative estimate of drug-likeness (QED) is 0.661. The summed E-state index contributed by atoms with van der Waals surface area (Å²) in [5.74, 6) is -0.721. The molecule has 0 bridgehead atoms. The summed E-state index contributed by atoms with van der Waals surface area (Å²) in [4.78, 5) is 36.7. The van der Waals surface area contributed by atoms with Crippen LogP contribution in [0.5, 0.6) is 0 Å². The zero-order valence-electron chi connectivity index (χ0n) is 15.5. The highest BCUT2D eigenvalue weighted by Gasteiger charge is 2.09. The molecule has 0 aliphatic carbocycles. The van der Waals surface area contributed by atoms with Crippen molar-refractivity contribution in [2.75, 3.05) is 31.3 Å². The number of primary amides is 1. The first kappa shape index (κ1) is 20.0. The molecule has 2 rings (SSSR count). The van der Waals surface area contributed by atoms with E-state index in [-0.39, 0.29) is 18.4 Å². The second-order valence-electron chi connectivity index (χ2n) is 6.30. The number of para-hydroxylation sites is 1. The third kappa shape index (κ3) is 6.14. The molecule has 142 valence electrons. The highest BCUT2D eigenvalue weighted by molar-refractivity contribution is 6.00. The molecule has 0 radical (unpaired) electrons. The SMILES string of the molecule is CN(C)C(=O)CCc1ccc(NC(=O)CNc2ccccc2C(N)=O)cc1. The third-order valence-electron chi connectivity index (χ3n) is 4.00. The van der Waals surface area contributed by atoms with E-state index in [1.54, 1.807) is 55.4 Å². The first-order valence-electron chi connectivity index (χ1n) is 8.58. The van der Waals surface area contributed by atoms with Crippen molar-refractivity contribution in [3.8, 4) is 0 Å². The lowest BCUT2D eigenvalue weighted by Crippen LogP contribution is -2.23. The van der Waals surface area contributed by atoms with Gasteiger partial charge in [-0.25, -0.2) is 0 Å². The Bertz CT molecular complexity index is 816. The number of rotatable bonds is 8. The summed E-state index contributed by atoms with van der Waals surface area (Å²) < 4.78 is 0. The fourth-order valence-corrected chi connectivity index (χ4v) is 2.46. The normalized spacial score (nSPS) is 10.1. The number of aryl methyl sites for hydroxylation is 1. The van der Waals surface area contributed by atoms with Gasteiger partial charge < -0.3 is 21.3 Å². The van der Waals surface area contributed by atoms with E-state index in [2.05, 4.69) is 10.6 Å². The molecule has 4 N–H and O–H groups in total. The molecule has 27 heavy (non-hydrogen) atoms. The fourth-order valence-electron chi connectivity index (χ4n) is 2.46. The van der Waals surface area contributed by atoms with Crippen LogP contribution in [0, 0.1) is 0 Å². The van der Waals surface area contributed by atoms with E-state index >= 15 is 0 Å². The summed E-state index contributed by atoms with van der Waals surface area (Å²) in [5.41, 5.74) is 7.85. The maximum atomic E-state index is 12.1. The van der Waals surface area contributed by atoms with Crippen LogP contribution in [0.2, 0.25) is 0 Å². The first-order chi connectivity index (χ1) is 12.9. The first-order valence-corrected chi connectivity index (χ1v) is 8.58. The van der Waals surface area contributed by atoms with Crippen molar-refractivity contribution in [3.63, 3.8) is 0 Å². The van der Waals surface area contributed by atoms with Crippen LogP contribution < -0.4 is 16.4 Å². The van der Waals surface area contributed by atoms with Gasteiger partial charge in [-0.05, 0) is 36.2 Å². The number of hydrogen-bond donors (Lipinski definition) is 3. The van der Waals surface area contributed by atoms with E-state index in [9.17, 15) is 14.4 Å². The Balaban J connectivity index is 1.86. The van der Waals surface area contributed by atoms with E-state index in [1.165, 1.54) is 0 Å². The molecule has 0 aliphatic heterocycles. The molecule has 7 heteroatoms. The van der Waals surface area contributed by atoms with E-state index in [0.29, 0.717) is 29.8 Å². The molecule has 0 aromatic heterocycles. The lowest BCUT2D eigenvalue weighted by Gasteiger charge is -2.11. The average molecular weight is 368 g/mol. The third-order valence-corrected chi connectivity index (χ3v) is 4.00. The Morgan fingerprint density at radius 3 is 2.30 bits per heavy atom. The van der Waals surface area contributed by atoms with Crippen molar-refractivity contribution in [2.45, 2.75) is 12.8 Å². The number of nitrogens with zero attached hydrogens (tertiary/aromatic N) is 1. The molecule has 0 aliphatic rings. The molecule has 7 nitrogen and oxygen atoms in total. The van der Waals surface area contributed by atoms with Crippen LogP contribution in [-0.2, 0) is 16.0 Å². The summed E-state index contributed by atoms with van der Waals surface area (Å²) in [6.07, 6.45) is 1.10. The lowest BCUT2D eigenvalue weighted by atomic mass is 10.1. The molecule has 3 amide bonds. The topological polar surface area (TPSA) is 105 Å². The van der Waals surface area contributed by atoms with Gasteiger partial charge in [-0.3, -0.25) is 14.4 Å². The summed E-state index contributed by atoms with van der Waals surface area (Å²) in [6, 6.07) is 14.1. The van der Waals surface area contributed by atoms with Gasteiger partial charge in [0.1, 0.15) is 0 Å². The van der Waals surface area contributed by atoms with Gasteiger partial charge in [-0.15, -0.1) is 0 Å². The molecule has 0 unspecified atom stereocenters. The van der Waals surface area contributed by atoms with Crippen molar-refractivity contribution in [1.82, 2.24) is 4.90 Å². The average Bonchev–Trinajstić information content (AvgIpc) is 2.65. The standard InChI is InChI=1S/C20H24N4O3/c1-24(2)19(26)12-9-14-7-10-15(11-8-14)23-18(25)13-22-17-6-4-3-5-16(17)20(21)27/h3-8,10-11,22H,9,12-13H2,1-2H3,(H2,21,27)(H,23,25). The molecule has 0 fully saturated rings. The summed E-state index contributed by atoms with van der Waals surface area (Å²) in [7, 11) is 3.47. The zero-order chi connectivity index (χ0) is 19.8. The van der Waals surface area contributed by atoms with Crippen molar-refractivity contribution in [1.29, 1.82) is 0 Å². The maximum Gasteiger partial charge on any atom is 0.250 e. The smallest absolute Gasteiger partial charge is 0.250 e. The van der Waals surface area contributed by atoms with E-state index in [4.69, 9.17) is 5.73 Å². The van der Waals surface area contributed by atoms with Gasteiger partial charge in [0.15, 0.2) is 0 Å². The molecule has 0 heterocycles. The number of anilines is 2. The molecular formula is C20H24N4O3. The number of carbonyl (C=O) groups excluding carboxylic acids is 3. The van der Waals surface area contributed by atoms with E-state index < -0.39 is 5.91 Å². The van der Waals surface area contributed by atoms with Gasteiger partial charge in [-0.2, -0.15) is 0 Å². The molecule has 0 atom stereocenters. The van der Waals surface area contributed by atoms with Crippen molar-refractivity contribution in [2.24, 2.45) is 5.73 Å². The predicted octanol–water partition coefficient (Wildman–Crippen LogP) is 1.86. The highest BCUT2D eigenvalue weighted by atomic mass is 16.2. The van der Waals surface area contributed by atoms with Gasteiger partial charge in [0.25, 0.3) is 5.91 Å². The number of benzene rings is 2. The monoisotopic (exact) mass is 368 g/mol. The van der Waals surface area contributed by atoms with Gasteiger partial charge in [0, 0.05) is 31.9 Å². The fraction of sp³-hybridized carbons (Fsp3) is 0.250.